The molecule has 0 aliphatic rings. The Morgan fingerprint density at radius 1 is 0.322 bits per heavy atom. The van der Waals surface area contributed by atoms with Gasteiger partial charge in [-0.3, -0.25) is 0 Å². The van der Waals surface area contributed by atoms with Crippen molar-refractivity contribution in [2.24, 2.45) is 0 Å². The maximum Gasteiger partial charge on any atom is 0.227 e. The maximum absolute atomic E-state index is 6.40. The van der Waals surface area contributed by atoms with E-state index in [1.165, 1.54) is 21.7 Å². The van der Waals surface area contributed by atoms with Crippen molar-refractivity contribution in [1.82, 2.24) is 15.0 Å². The van der Waals surface area contributed by atoms with Gasteiger partial charge in [0.2, 0.25) is 5.89 Å². The lowest BCUT2D eigenvalue weighted by molar-refractivity contribution is 0.620. The van der Waals surface area contributed by atoms with Crippen LogP contribution in [-0.4, -0.2) is 15.0 Å². The van der Waals surface area contributed by atoms with Crippen molar-refractivity contribution in [2.45, 2.75) is 0 Å². The fourth-order valence-electron chi connectivity index (χ4n) is 8.21. The number of aromatic nitrogens is 3. The van der Waals surface area contributed by atoms with Crippen LogP contribution in [0, 0.1) is 0 Å². The molecule has 0 spiro atoms. The van der Waals surface area contributed by atoms with Crippen LogP contribution >= 0.6 is 0 Å². The summed E-state index contributed by atoms with van der Waals surface area (Å²) >= 11 is 0. The van der Waals surface area contributed by atoms with Crippen molar-refractivity contribution in [3.05, 3.63) is 212 Å². The van der Waals surface area contributed by atoms with Gasteiger partial charge in [-0.05, 0) is 85.8 Å². The van der Waals surface area contributed by atoms with E-state index in [1.54, 1.807) is 0 Å². The minimum absolute atomic E-state index is 0.613. The van der Waals surface area contributed by atoms with Gasteiger partial charge in [-0.2, -0.15) is 0 Å². The number of para-hydroxylation sites is 1. The van der Waals surface area contributed by atoms with Crippen LogP contribution in [0.25, 0.3) is 111 Å². The van der Waals surface area contributed by atoms with Gasteiger partial charge >= 0.3 is 0 Å². The Morgan fingerprint density at radius 3 is 1.73 bits per heavy atom. The molecular formula is C55H35N3O. The molecule has 0 amide bonds. The molecule has 0 unspecified atom stereocenters. The molecule has 0 aliphatic heterocycles. The molecule has 0 atom stereocenters. The third kappa shape index (κ3) is 6.43. The van der Waals surface area contributed by atoms with Gasteiger partial charge in [0.25, 0.3) is 0 Å². The molecule has 0 aliphatic carbocycles. The molecule has 11 aromatic rings. The molecule has 0 fully saturated rings. The molecule has 2 heterocycles. The lowest BCUT2D eigenvalue weighted by atomic mass is 9.88. The quantitative estimate of drug-likeness (QED) is 0.163. The van der Waals surface area contributed by atoms with Gasteiger partial charge in [-0.15, -0.1) is 0 Å². The first kappa shape index (κ1) is 34.3. The van der Waals surface area contributed by atoms with Crippen LogP contribution in [0.3, 0.4) is 0 Å². The molecule has 0 radical (unpaired) electrons. The topological polar surface area (TPSA) is 51.8 Å². The van der Waals surface area contributed by atoms with Crippen molar-refractivity contribution in [2.75, 3.05) is 0 Å². The summed E-state index contributed by atoms with van der Waals surface area (Å²) in [4.78, 5) is 15.3. The van der Waals surface area contributed by atoms with Crippen LogP contribution < -0.4 is 0 Å². The second kappa shape index (κ2) is 14.5. The molecule has 9 aromatic carbocycles. The molecular weight excluding hydrogens is 719 g/mol. The highest BCUT2D eigenvalue weighted by atomic mass is 16.3. The Hall–Kier alpha value is -7.95. The number of oxazole rings is 1. The van der Waals surface area contributed by atoms with E-state index in [9.17, 15) is 0 Å². The molecule has 4 heteroatoms. The van der Waals surface area contributed by atoms with Gasteiger partial charge in [0.15, 0.2) is 11.4 Å². The van der Waals surface area contributed by atoms with Crippen LogP contribution in [0.4, 0.5) is 0 Å². The summed E-state index contributed by atoms with van der Waals surface area (Å²) in [5.41, 5.74) is 14.0. The molecule has 59 heavy (non-hydrogen) atoms. The summed E-state index contributed by atoms with van der Waals surface area (Å²) < 4.78 is 6.40. The Bertz CT molecular complexity index is 3280. The SMILES string of the molecule is c1ccc(-c2cc(-c3cccc(-c4c(-c5cccc(-c6cccc7oc(-c8ccc9ccccc9c8)nc67)c5)ccc5ccccc45)c3)nc(-c3ccccc3)n2)cc1. The Kier molecular flexibility index (Phi) is 8.45. The van der Waals surface area contributed by atoms with Gasteiger partial charge in [0.05, 0.1) is 11.4 Å². The number of hydrogen-bond donors (Lipinski definition) is 0. The number of fused-ring (bicyclic) bond motifs is 3. The van der Waals surface area contributed by atoms with E-state index in [-0.39, 0.29) is 0 Å². The highest BCUT2D eigenvalue weighted by Gasteiger charge is 2.18. The molecule has 11 rings (SSSR count). The van der Waals surface area contributed by atoms with Gasteiger partial charge < -0.3 is 4.42 Å². The normalized spacial score (nSPS) is 11.4. The second-order valence-corrected chi connectivity index (χ2v) is 14.8. The predicted octanol–water partition coefficient (Wildman–Crippen LogP) is 14.6. The zero-order valence-electron chi connectivity index (χ0n) is 32.0. The van der Waals surface area contributed by atoms with Crippen LogP contribution in [0.5, 0.6) is 0 Å². The van der Waals surface area contributed by atoms with Crippen molar-refractivity contribution in [3.63, 3.8) is 0 Å². The summed E-state index contributed by atoms with van der Waals surface area (Å²) in [6.45, 7) is 0. The van der Waals surface area contributed by atoms with Crippen molar-refractivity contribution < 1.29 is 4.42 Å². The van der Waals surface area contributed by atoms with E-state index in [4.69, 9.17) is 19.4 Å². The summed E-state index contributed by atoms with van der Waals surface area (Å²) in [5, 5.41) is 4.71. The summed E-state index contributed by atoms with van der Waals surface area (Å²) in [6, 6.07) is 74.2. The largest absolute Gasteiger partial charge is 0.436 e. The van der Waals surface area contributed by atoms with Crippen LogP contribution in [0.2, 0.25) is 0 Å². The van der Waals surface area contributed by atoms with E-state index in [0.717, 1.165) is 77.9 Å². The third-order valence-corrected chi connectivity index (χ3v) is 11.1. The average molecular weight is 754 g/mol. The second-order valence-electron chi connectivity index (χ2n) is 14.8. The Labute approximate surface area is 341 Å². The average Bonchev–Trinajstić information content (AvgIpc) is 3.77. The van der Waals surface area contributed by atoms with E-state index in [1.807, 2.05) is 48.5 Å². The number of nitrogens with zero attached hydrogens (tertiary/aromatic N) is 3. The lowest BCUT2D eigenvalue weighted by Gasteiger charge is -2.16. The smallest absolute Gasteiger partial charge is 0.227 e. The maximum atomic E-state index is 6.40. The first-order chi connectivity index (χ1) is 29.2. The monoisotopic (exact) mass is 753 g/mol. The minimum Gasteiger partial charge on any atom is -0.436 e. The fraction of sp³-hybridized carbons (Fsp3) is 0. The molecule has 0 saturated carbocycles. The van der Waals surface area contributed by atoms with Crippen molar-refractivity contribution >= 4 is 32.6 Å². The number of rotatable bonds is 7. The van der Waals surface area contributed by atoms with Crippen LogP contribution in [-0.2, 0) is 0 Å². The highest BCUT2D eigenvalue weighted by molar-refractivity contribution is 6.05. The first-order valence-corrected chi connectivity index (χ1v) is 19.8. The van der Waals surface area contributed by atoms with Gasteiger partial charge in [-0.25, -0.2) is 15.0 Å². The van der Waals surface area contributed by atoms with E-state index in [2.05, 4.69) is 164 Å². The van der Waals surface area contributed by atoms with Crippen LogP contribution in [0.15, 0.2) is 217 Å². The predicted molar refractivity (Wildman–Crippen MR) is 243 cm³/mol. The summed E-state index contributed by atoms with van der Waals surface area (Å²) in [6.07, 6.45) is 0. The molecule has 276 valence electrons. The molecule has 0 saturated heterocycles. The molecule has 0 N–H and O–H groups in total. The Morgan fingerprint density at radius 2 is 0.915 bits per heavy atom. The van der Waals surface area contributed by atoms with Gasteiger partial charge in [0.1, 0.15) is 5.52 Å². The first-order valence-electron chi connectivity index (χ1n) is 19.8. The lowest BCUT2D eigenvalue weighted by Crippen LogP contribution is -1.96. The van der Waals surface area contributed by atoms with Crippen molar-refractivity contribution in [3.8, 4) is 78.7 Å². The Balaban J connectivity index is 1.03. The number of hydrogen-bond acceptors (Lipinski definition) is 4. The van der Waals surface area contributed by atoms with Crippen molar-refractivity contribution in [1.29, 1.82) is 0 Å². The molecule has 4 nitrogen and oxygen atoms in total. The fourth-order valence-corrected chi connectivity index (χ4v) is 8.21. The highest BCUT2D eigenvalue weighted by Crippen LogP contribution is 2.42. The van der Waals surface area contributed by atoms with Gasteiger partial charge in [-0.1, -0.05) is 176 Å². The van der Waals surface area contributed by atoms with E-state index in [0.29, 0.717) is 11.7 Å². The zero-order chi connectivity index (χ0) is 39.1. The standard InChI is InChI=1S/C55H35N3O/c1-3-16-38(17-4-1)49-35-50(57-54(56-49)39-18-5-2-6-19-39)43-23-12-24-44(34-43)52-46-25-10-9-15-37(46)30-31-47(52)41-21-11-22-42(33-41)48-26-13-27-51-53(48)58-55(59-51)45-29-28-36-14-7-8-20-40(36)32-45/h1-35H. The zero-order valence-corrected chi connectivity index (χ0v) is 32.0. The third-order valence-electron chi connectivity index (χ3n) is 11.1. The summed E-state index contributed by atoms with van der Waals surface area (Å²) in [5.74, 6) is 1.31. The van der Waals surface area contributed by atoms with E-state index >= 15 is 0 Å². The minimum atomic E-state index is 0.613. The molecule has 0 bridgehead atoms. The van der Waals surface area contributed by atoms with E-state index < -0.39 is 0 Å². The molecule has 2 aromatic heterocycles. The van der Waals surface area contributed by atoms with Crippen LogP contribution in [0.1, 0.15) is 0 Å². The number of benzene rings is 9. The van der Waals surface area contributed by atoms with Gasteiger partial charge in [0, 0.05) is 27.8 Å². The summed E-state index contributed by atoms with van der Waals surface area (Å²) in [7, 11) is 0.